The van der Waals surface area contributed by atoms with E-state index in [0.29, 0.717) is 18.1 Å². The Labute approximate surface area is 141 Å². The summed E-state index contributed by atoms with van der Waals surface area (Å²) in [5.74, 6) is 0.197. The molecular formula is C19H20ClNO2. The molecule has 2 aromatic rings. The average molecular weight is 330 g/mol. The minimum atomic E-state index is -0.599. The van der Waals surface area contributed by atoms with E-state index < -0.39 is 6.10 Å². The van der Waals surface area contributed by atoms with Gasteiger partial charge in [-0.1, -0.05) is 48.0 Å². The van der Waals surface area contributed by atoms with Gasteiger partial charge in [-0.05, 0) is 36.1 Å². The zero-order valence-corrected chi connectivity index (χ0v) is 13.6. The van der Waals surface area contributed by atoms with E-state index in [1.54, 1.807) is 12.1 Å². The van der Waals surface area contributed by atoms with E-state index in [1.165, 1.54) is 0 Å². The maximum Gasteiger partial charge on any atom is 0.167 e. The van der Waals surface area contributed by atoms with E-state index in [4.69, 9.17) is 11.6 Å². The number of aryl methyl sites for hydroxylation is 1. The molecule has 0 amide bonds. The van der Waals surface area contributed by atoms with Crippen LogP contribution in [0.3, 0.4) is 0 Å². The highest BCUT2D eigenvalue weighted by Crippen LogP contribution is 2.25. The first-order chi connectivity index (χ1) is 11.1. The molecule has 120 valence electrons. The van der Waals surface area contributed by atoms with Crippen LogP contribution in [0.2, 0.25) is 5.02 Å². The van der Waals surface area contributed by atoms with Gasteiger partial charge in [0.2, 0.25) is 0 Å². The lowest BCUT2D eigenvalue weighted by atomic mass is 9.83. The summed E-state index contributed by atoms with van der Waals surface area (Å²) in [6, 6.07) is 15.0. The van der Waals surface area contributed by atoms with Crippen molar-refractivity contribution in [3.8, 4) is 0 Å². The van der Waals surface area contributed by atoms with Crippen LogP contribution in [0.4, 0.5) is 0 Å². The molecule has 23 heavy (non-hydrogen) atoms. The van der Waals surface area contributed by atoms with Gasteiger partial charge >= 0.3 is 0 Å². The van der Waals surface area contributed by atoms with Gasteiger partial charge < -0.3 is 10.4 Å². The molecular weight excluding hydrogens is 310 g/mol. The number of fused-ring (bicyclic) bond motifs is 1. The molecule has 0 aromatic heterocycles. The summed E-state index contributed by atoms with van der Waals surface area (Å²) in [6.45, 7) is 1.02. The Morgan fingerprint density at radius 1 is 1.17 bits per heavy atom. The molecule has 4 heteroatoms. The molecule has 1 aliphatic rings. The van der Waals surface area contributed by atoms with Crippen molar-refractivity contribution in [2.75, 3.05) is 13.1 Å². The topological polar surface area (TPSA) is 49.3 Å². The molecule has 2 atom stereocenters. The van der Waals surface area contributed by atoms with Gasteiger partial charge in [-0.25, -0.2) is 0 Å². The molecule has 0 bridgehead atoms. The average Bonchev–Trinajstić information content (AvgIpc) is 2.57. The zero-order chi connectivity index (χ0) is 16.2. The Bertz CT molecular complexity index is 684. The molecule has 3 rings (SSSR count). The number of nitrogens with one attached hydrogen (secondary N) is 1. The summed E-state index contributed by atoms with van der Waals surface area (Å²) in [5.41, 5.74) is 2.82. The van der Waals surface area contributed by atoms with Crippen LogP contribution in [0.25, 0.3) is 0 Å². The fraction of sp³-hybridized carbons (Fsp3) is 0.316. The summed E-state index contributed by atoms with van der Waals surface area (Å²) in [7, 11) is 0. The molecule has 0 aliphatic heterocycles. The van der Waals surface area contributed by atoms with Crippen LogP contribution in [0.1, 0.15) is 34.0 Å². The van der Waals surface area contributed by atoms with Crippen LogP contribution in [0.15, 0.2) is 48.5 Å². The predicted molar refractivity (Wildman–Crippen MR) is 91.9 cm³/mol. The molecule has 0 heterocycles. The number of halogens is 1. The Hall–Kier alpha value is -1.68. The summed E-state index contributed by atoms with van der Waals surface area (Å²) >= 11 is 5.84. The lowest BCUT2D eigenvalue weighted by Crippen LogP contribution is -2.34. The van der Waals surface area contributed by atoms with Gasteiger partial charge in [0.25, 0.3) is 0 Å². The third-order valence-electron chi connectivity index (χ3n) is 4.40. The van der Waals surface area contributed by atoms with Gasteiger partial charge in [-0.3, -0.25) is 4.79 Å². The summed E-state index contributed by atoms with van der Waals surface area (Å²) in [4.78, 5) is 12.5. The van der Waals surface area contributed by atoms with Crippen LogP contribution in [0.5, 0.6) is 0 Å². The fourth-order valence-corrected chi connectivity index (χ4v) is 3.18. The van der Waals surface area contributed by atoms with Gasteiger partial charge in [0.05, 0.1) is 6.10 Å². The Morgan fingerprint density at radius 2 is 1.91 bits per heavy atom. The second-order valence-corrected chi connectivity index (χ2v) is 6.42. The Morgan fingerprint density at radius 3 is 2.70 bits per heavy atom. The molecule has 2 aromatic carbocycles. The van der Waals surface area contributed by atoms with Crippen molar-refractivity contribution < 1.29 is 9.90 Å². The highest BCUT2D eigenvalue weighted by atomic mass is 35.5. The largest absolute Gasteiger partial charge is 0.387 e. The number of rotatable bonds is 5. The minimum absolute atomic E-state index is 0.0117. The molecule has 2 unspecified atom stereocenters. The number of hydrogen-bond acceptors (Lipinski definition) is 3. The van der Waals surface area contributed by atoms with E-state index in [-0.39, 0.29) is 11.7 Å². The first-order valence-corrected chi connectivity index (χ1v) is 8.29. The molecule has 2 N–H and O–H groups in total. The lowest BCUT2D eigenvalue weighted by molar-refractivity contribution is 0.0895. The molecule has 0 fully saturated rings. The molecule has 1 aliphatic carbocycles. The second kappa shape index (κ2) is 7.26. The SMILES string of the molecule is O=C1c2ccccc2CCC1CNCC(O)c1ccc(Cl)cc1. The van der Waals surface area contributed by atoms with Crippen LogP contribution < -0.4 is 5.32 Å². The van der Waals surface area contributed by atoms with Gasteiger partial charge in [-0.15, -0.1) is 0 Å². The smallest absolute Gasteiger partial charge is 0.167 e. The van der Waals surface area contributed by atoms with Crippen molar-refractivity contribution in [2.45, 2.75) is 18.9 Å². The molecule has 0 saturated carbocycles. The van der Waals surface area contributed by atoms with E-state index in [1.807, 2.05) is 36.4 Å². The van der Waals surface area contributed by atoms with Crippen molar-refractivity contribution >= 4 is 17.4 Å². The number of Topliss-reactive ketones (excluding diaryl/α,β-unsaturated/α-hetero) is 1. The van der Waals surface area contributed by atoms with Crippen molar-refractivity contribution in [2.24, 2.45) is 5.92 Å². The zero-order valence-electron chi connectivity index (χ0n) is 12.8. The number of benzene rings is 2. The highest BCUT2D eigenvalue weighted by Gasteiger charge is 2.26. The Balaban J connectivity index is 1.53. The number of aliphatic hydroxyl groups is 1. The van der Waals surface area contributed by atoms with Crippen LogP contribution >= 0.6 is 11.6 Å². The fourth-order valence-electron chi connectivity index (χ4n) is 3.05. The summed E-state index contributed by atoms with van der Waals surface area (Å²) in [6.07, 6.45) is 1.20. The van der Waals surface area contributed by atoms with E-state index in [0.717, 1.165) is 29.5 Å². The van der Waals surface area contributed by atoms with E-state index >= 15 is 0 Å². The number of carbonyl (C=O) groups is 1. The number of ketones is 1. The highest BCUT2D eigenvalue weighted by molar-refractivity contribution is 6.30. The molecule has 3 nitrogen and oxygen atoms in total. The minimum Gasteiger partial charge on any atom is -0.387 e. The van der Waals surface area contributed by atoms with Gasteiger partial charge in [-0.2, -0.15) is 0 Å². The summed E-state index contributed by atoms with van der Waals surface area (Å²) < 4.78 is 0. The molecule has 0 spiro atoms. The Kier molecular flexibility index (Phi) is 5.11. The monoisotopic (exact) mass is 329 g/mol. The second-order valence-electron chi connectivity index (χ2n) is 5.98. The summed E-state index contributed by atoms with van der Waals surface area (Å²) in [5, 5.41) is 14.1. The van der Waals surface area contributed by atoms with E-state index in [9.17, 15) is 9.90 Å². The molecule has 0 saturated heterocycles. The van der Waals surface area contributed by atoms with Crippen LogP contribution in [-0.4, -0.2) is 24.0 Å². The van der Waals surface area contributed by atoms with Crippen LogP contribution in [-0.2, 0) is 6.42 Å². The number of aliphatic hydroxyl groups excluding tert-OH is 1. The third kappa shape index (κ3) is 3.81. The van der Waals surface area contributed by atoms with Crippen molar-refractivity contribution in [3.05, 3.63) is 70.2 Å². The van der Waals surface area contributed by atoms with Crippen LogP contribution in [0, 0.1) is 5.92 Å². The third-order valence-corrected chi connectivity index (χ3v) is 4.65. The van der Waals surface area contributed by atoms with E-state index in [2.05, 4.69) is 5.32 Å². The van der Waals surface area contributed by atoms with Gasteiger partial charge in [0, 0.05) is 29.6 Å². The normalized spacial score (nSPS) is 18.5. The number of hydrogen-bond donors (Lipinski definition) is 2. The van der Waals surface area contributed by atoms with Crippen molar-refractivity contribution in [1.82, 2.24) is 5.32 Å². The van der Waals surface area contributed by atoms with Crippen molar-refractivity contribution in [3.63, 3.8) is 0 Å². The maximum atomic E-state index is 12.5. The standard InChI is InChI=1S/C19H20ClNO2/c20-16-9-7-14(8-10-16)18(22)12-21-11-15-6-5-13-3-1-2-4-17(13)19(15)23/h1-4,7-10,15,18,21-22H,5-6,11-12H2. The van der Waals surface area contributed by atoms with Gasteiger partial charge in [0.15, 0.2) is 5.78 Å². The van der Waals surface area contributed by atoms with Gasteiger partial charge in [0.1, 0.15) is 0 Å². The quantitative estimate of drug-likeness (QED) is 0.883. The predicted octanol–water partition coefficient (Wildman–Crippen LogP) is 3.41. The lowest BCUT2D eigenvalue weighted by Gasteiger charge is -2.24. The molecule has 0 radical (unpaired) electrons. The number of carbonyl (C=O) groups excluding carboxylic acids is 1. The maximum absolute atomic E-state index is 12.5. The van der Waals surface area contributed by atoms with Crippen molar-refractivity contribution in [1.29, 1.82) is 0 Å². The first-order valence-electron chi connectivity index (χ1n) is 7.91. The first kappa shape index (κ1) is 16.2.